The van der Waals surface area contributed by atoms with E-state index in [1.54, 1.807) is 0 Å². The van der Waals surface area contributed by atoms with Gasteiger partial charge in [0.25, 0.3) is 0 Å². The van der Waals surface area contributed by atoms with E-state index in [0.717, 1.165) is 0 Å². The summed E-state index contributed by atoms with van der Waals surface area (Å²) in [6.45, 7) is 2.19. The van der Waals surface area contributed by atoms with Crippen molar-refractivity contribution < 1.29 is 4.57 Å². The van der Waals surface area contributed by atoms with E-state index in [0.29, 0.717) is 0 Å². The van der Waals surface area contributed by atoms with Crippen molar-refractivity contribution in [3.05, 3.63) is 109 Å². The second-order valence-corrected chi connectivity index (χ2v) is 15.3. The van der Waals surface area contributed by atoms with Crippen molar-refractivity contribution >= 4 is 31.6 Å². The van der Waals surface area contributed by atoms with E-state index in [4.69, 9.17) is 0 Å². The van der Waals surface area contributed by atoms with Gasteiger partial charge in [0.05, 0.1) is 0 Å². The van der Waals surface area contributed by atoms with Crippen LogP contribution in [0.4, 0.5) is 0 Å². The van der Waals surface area contributed by atoms with Crippen molar-refractivity contribution in [3.8, 4) is 11.3 Å². The molecule has 1 heterocycles. The standard InChI is InChI=1S/C13H13N.2C6H5.Bi/c1-11-7-3-4-8-12(11)13-9-5-6-10-14(13)2;2*1-2-4-6-5-3-1;/h3-4,6-10H,1-2H3;2*1-5H;/q+1;;;. The monoisotopic (exact) mass is 546 g/mol. The summed E-state index contributed by atoms with van der Waals surface area (Å²) in [5, 5.41) is 0. The van der Waals surface area contributed by atoms with E-state index in [9.17, 15) is 0 Å². The molecular formula is C25H23BiN+. The number of pyridine rings is 1. The second-order valence-electron chi connectivity index (χ2n) is 6.70. The molecule has 0 saturated carbocycles. The van der Waals surface area contributed by atoms with Crippen LogP contribution in [0.15, 0.2) is 103 Å². The summed E-state index contributed by atoms with van der Waals surface area (Å²) in [6, 6.07) is 35.6. The Morgan fingerprint density at radius 3 is 1.78 bits per heavy atom. The van der Waals surface area contributed by atoms with Crippen molar-refractivity contribution in [2.75, 3.05) is 0 Å². The topological polar surface area (TPSA) is 3.88 Å². The van der Waals surface area contributed by atoms with Gasteiger partial charge in [-0.3, -0.25) is 0 Å². The van der Waals surface area contributed by atoms with Crippen LogP contribution in [0.3, 0.4) is 0 Å². The molecule has 0 unspecified atom stereocenters. The quantitative estimate of drug-likeness (QED) is 0.274. The van der Waals surface area contributed by atoms with Crippen LogP contribution in [0, 0.1) is 6.92 Å². The first-order chi connectivity index (χ1) is 13.2. The SMILES string of the molecule is Cc1ccccc1-c1c[c]([Bi]([c]2ccccc2)[c]2ccccc2)cc[n+]1C. The molecule has 1 nitrogen and oxygen atoms in total. The molecule has 0 atom stereocenters. The van der Waals surface area contributed by atoms with Gasteiger partial charge in [0.15, 0.2) is 0 Å². The fraction of sp³-hybridized carbons (Fsp3) is 0.0800. The van der Waals surface area contributed by atoms with Crippen LogP contribution in [-0.4, -0.2) is 21.8 Å². The van der Waals surface area contributed by atoms with Crippen molar-refractivity contribution in [2.24, 2.45) is 7.05 Å². The summed E-state index contributed by atoms with van der Waals surface area (Å²) in [6.07, 6.45) is 2.23. The normalized spacial score (nSPS) is 10.9. The number of aryl methyl sites for hydroxylation is 2. The summed E-state index contributed by atoms with van der Waals surface area (Å²) in [7, 11) is 2.14. The molecule has 0 fully saturated rings. The predicted molar refractivity (Wildman–Crippen MR) is 115 cm³/mol. The molecule has 0 aliphatic heterocycles. The third-order valence-electron chi connectivity index (χ3n) is 4.84. The molecule has 2 heteroatoms. The summed E-state index contributed by atoms with van der Waals surface area (Å²) in [5.74, 6) is 0. The number of nitrogens with zero attached hydrogens (tertiary/aromatic N) is 1. The van der Waals surface area contributed by atoms with Crippen LogP contribution in [0.25, 0.3) is 11.3 Å². The fourth-order valence-corrected chi connectivity index (χ4v) is 12.4. The fourth-order valence-electron chi connectivity index (χ4n) is 3.43. The van der Waals surface area contributed by atoms with Crippen molar-refractivity contribution in [2.45, 2.75) is 6.92 Å². The van der Waals surface area contributed by atoms with E-state index in [1.807, 2.05) is 0 Å². The molecule has 4 rings (SSSR count). The van der Waals surface area contributed by atoms with E-state index >= 15 is 0 Å². The van der Waals surface area contributed by atoms with Gasteiger partial charge < -0.3 is 0 Å². The Bertz CT molecular complexity index is 1000. The van der Waals surface area contributed by atoms with Gasteiger partial charge in [-0.2, -0.15) is 0 Å². The van der Waals surface area contributed by atoms with Crippen LogP contribution < -0.4 is 14.4 Å². The van der Waals surface area contributed by atoms with Crippen LogP contribution in [-0.2, 0) is 7.05 Å². The zero-order chi connectivity index (χ0) is 18.6. The zero-order valence-electron chi connectivity index (χ0n) is 15.7. The number of benzene rings is 3. The van der Waals surface area contributed by atoms with E-state index in [-0.39, 0.29) is 0 Å². The third kappa shape index (κ3) is 3.87. The molecule has 0 aliphatic rings. The second kappa shape index (κ2) is 8.15. The van der Waals surface area contributed by atoms with Gasteiger partial charge in [-0.1, -0.05) is 0 Å². The molecule has 4 aromatic rings. The number of aromatic nitrogens is 1. The first-order valence-electron chi connectivity index (χ1n) is 9.20. The summed E-state index contributed by atoms with van der Waals surface area (Å²) in [5.41, 5.74) is 3.92. The first kappa shape index (κ1) is 18.1. The van der Waals surface area contributed by atoms with Crippen LogP contribution in [0.2, 0.25) is 0 Å². The molecule has 0 amide bonds. The Hall–Kier alpha value is -2.31. The number of hydrogen-bond acceptors (Lipinski definition) is 0. The molecule has 0 saturated heterocycles. The minimum atomic E-state index is -2.32. The van der Waals surface area contributed by atoms with Crippen LogP contribution in [0.5, 0.6) is 0 Å². The Morgan fingerprint density at radius 1 is 0.630 bits per heavy atom. The average Bonchev–Trinajstić information content (AvgIpc) is 2.72. The van der Waals surface area contributed by atoms with E-state index in [1.165, 1.54) is 26.6 Å². The molecule has 0 N–H and O–H groups in total. The van der Waals surface area contributed by atoms with Gasteiger partial charge in [-0.15, -0.1) is 0 Å². The average molecular weight is 546 g/mol. The summed E-state index contributed by atoms with van der Waals surface area (Å²) >= 11 is -2.32. The maximum atomic E-state index is 2.43. The molecule has 1 aromatic heterocycles. The Morgan fingerprint density at radius 2 is 1.19 bits per heavy atom. The molecule has 27 heavy (non-hydrogen) atoms. The maximum absolute atomic E-state index is 2.43. The number of hydrogen-bond donors (Lipinski definition) is 0. The third-order valence-corrected chi connectivity index (χ3v) is 14.3. The van der Waals surface area contributed by atoms with E-state index in [2.05, 4.69) is 122 Å². The Kier molecular flexibility index (Phi) is 5.46. The first-order valence-corrected chi connectivity index (χ1v) is 14.4. The van der Waals surface area contributed by atoms with Gasteiger partial charge in [0.1, 0.15) is 0 Å². The van der Waals surface area contributed by atoms with Gasteiger partial charge in [0.2, 0.25) is 0 Å². The summed E-state index contributed by atoms with van der Waals surface area (Å²) < 4.78 is 6.79. The molecular weight excluding hydrogens is 523 g/mol. The molecule has 0 radical (unpaired) electrons. The van der Waals surface area contributed by atoms with Gasteiger partial charge in [-0.25, -0.2) is 0 Å². The van der Waals surface area contributed by atoms with Gasteiger partial charge >= 0.3 is 170 Å². The van der Waals surface area contributed by atoms with Crippen LogP contribution >= 0.6 is 0 Å². The molecule has 0 aliphatic carbocycles. The molecule has 0 bridgehead atoms. The van der Waals surface area contributed by atoms with Crippen molar-refractivity contribution in [1.29, 1.82) is 0 Å². The van der Waals surface area contributed by atoms with Crippen molar-refractivity contribution in [3.63, 3.8) is 0 Å². The minimum absolute atomic E-state index is 1.29. The van der Waals surface area contributed by atoms with Crippen molar-refractivity contribution in [1.82, 2.24) is 0 Å². The Balaban J connectivity index is 1.89. The molecule has 132 valence electrons. The zero-order valence-corrected chi connectivity index (χ0v) is 19.2. The van der Waals surface area contributed by atoms with E-state index < -0.39 is 21.8 Å². The Labute approximate surface area is 169 Å². The molecule has 0 spiro atoms. The van der Waals surface area contributed by atoms with Gasteiger partial charge in [-0.05, 0) is 0 Å². The molecule has 3 aromatic carbocycles. The number of rotatable bonds is 4. The van der Waals surface area contributed by atoms with Crippen LogP contribution in [0.1, 0.15) is 5.56 Å². The summed E-state index contributed by atoms with van der Waals surface area (Å²) in [4.78, 5) is 0. The predicted octanol–water partition coefficient (Wildman–Crippen LogP) is 3.00. The van der Waals surface area contributed by atoms with Gasteiger partial charge in [0, 0.05) is 0 Å².